The minimum absolute atomic E-state index is 0.00731. The van der Waals surface area contributed by atoms with Crippen LogP contribution in [0.3, 0.4) is 0 Å². The molecule has 0 saturated carbocycles. The van der Waals surface area contributed by atoms with Gasteiger partial charge in [-0.3, -0.25) is 9.69 Å². The van der Waals surface area contributed by atoms with Crippen LogP contribution in [-0.4, -0.2) is 36.6 Å². The Labute approximate surface area is 123 Å². The summed E-state index contributed by atoms with van der Waals surface area (Å²) < 4.78 is 5.48. The van der Waals surface area contributed by atoms with Crippen molar-refractivity contribution in [3.63, 3.8) is 0 Å². The van der Waals surface area contributed by atoms with Gasteiger partial charge < -0.3 is 10.5 Å². The Morgan fingerprint density at radius 3 is 3.00 bits per heavy atom. The number of carbonyl (C=O) groups excluding carboxylic acids is 2. The van der Waals surface area contributed by atoms with E-state index >= 15 is 0 Å². The van der Waals surface area contributed by atoms with Gasteiger partial charge >= 0.3 is 5.97 Å². The van der Waals surface area contributed by atoms with Crippen LogP contribution in [0.2, 0.25) is 0 Å². The fraction of sp³-hybridized carbons (Fsp3) is 0.545. The van der Waals surface area contributed by atoms with Crippen molar-refractivity contribution in [2.75, 3.05) is 24.6 Å². The molecule has 19 heavy (non-hydrogen) atoms. The lowest BCUT2D eigenvalue weighted by Crippen LogP contribution is -2.25. The highest BCUT2D eigenvalue weighted by Gasteiger charge is 2.32. The van der Waals surface area contributed by atoms with Gasteiger partial charge in [0.1, 0.15) is 3.79 Å². The highest BCUT2D eigenvalue weighted by atomic mass is 79.9. The van der Waals surface area contributed by atoms with Gasteiger partial charge in [0, 0.05) is 13.0 Å². The number of anilines is 1. The molecular weight excluding hydrogens is 334 g/mol. The maximum atomic E-state index is 11.9. The van der Waals surface area contributed by atoms with Crippen molar-refractivity contribution in [3.05, 3.63) is 9.48 Å². The van der Waals surface area contributed by atoms with Crippen molar-refractivity contribution < 1.29 is 14.3 Å². The molecule has 1 atom stereocenters. The predicted octanol–water partition coefficient (Wildman–Crippen LogP) is 1.39. The first-order valence-corrected chi connectivity index (χ1v) is 7.51. The Hall–Kier alpha value is -0.990. The van der Waals surface area contributed by atoms with E-state index in [1.807, 2.05) is 0 Å². The molecule has 1 amide bonds. The van der Waals surface area contributed by atoms with Crippen LogP contribution in [0.25, 0.3) is 0 Å². The number of esters is 1. The second-order valence-corrected chi connectivity index (χ2v) is 6.44. The molecule has 1 aromatic rings. The number of amides is 1. The number of hydrogen-bond donors (Lipinski definition) is 1. The van der Waals surface area contributed by atoms with Crippen LogP contribution in [0.1, 0.15) is 23.8 Å². The van der Waals surface area contributed by atoms with Crippen LogP contribution in [0.4, 0.5) is 5.13 Å². The summed E-state index contributed by atoms with van der Waals surface area (Å²) in [4.78, 5) is 29.3. The largest absolute Gasteiger partial charge is 0.461 e. The molecule has 0 aliphatic carbocycles. The van der Waals surface area contributed by atoms with Gasteiger partial charge in [0.25, 0.3) is 0 Å². The molecule has 1 fully saturated rings. The molecule has 2 heterocycles. The summed E-state index contributed by atoms with van der Waals surface area (Å²) in [5, 5.41) is 0.510. The SMILES string of the molecule is CCOC(=O)c1nc(N2CC(CN)CC2=O)sc1Br. The molecule has 0 radical (unpaired) electrons. The third-order valence-corrected chi connectivity index (χ3v) is 4.54. The third kappa shape index (κ3) is 2.96. The van der Waals surface area contributed by atoms with Crippen molar-refractivity contribution >= 4 is 44.3 Å². The normalized spacial score (nSPS) is 19.0. The molecule has 0 bridgehead atoms. The van der Waals surface area contributed by atoms with Crippen LogP contribution in [0, 0.1) is 5.92 Å². The van der Waals surface area contributed by atoms with E-state index in [4.69, 9.17) is 10.5 Å². The second-order valence-electron chi connectivity index (χ2n) is 4.15. The molecule has 1 saturated heterocycles. The minimum atomic E-state index is -0.487. The summed E-state index contributed by atoms with van der Waals surface area (Å²) in [6, 6.07) is 0. The second kappa shape index (κ2) is 5.98. The van der Waals surface area contributed by atoms with Crippen LogP contribution in [0.5, 0.6) is 0 Å². The molecule has 8 heteroatoms. The van der Waals surface area contributed by atoms with Crippen LogP contribution in [0.15, 0.2) is 3.79 Å². The Bertz CT molecular complexity index is 505. The van der Waals surface area contributed by atoms with Gasteiger partial charge in [-0.15, -0.1) is 0 Å². The van der Waals surface area contributed by atoms with Crippen molar-refractivity contribution in [3.8, 4) is 0 Å². The number of ether oxygens (including phenoxy) is 1. The zero-order chi connectivity index (χ0) is 14.0. The van der Waals surface area contributed by atoms with E-state index < -0.39 is 5.97 Å². The molecule has 2 N–H and O–H groups in total. The Balaban J connectivity index is 2.20. The molecule has 1 aliphatic heterocycles. The fourth-order valence-electron chi connectivity index (χ4n) is 1.86. The number of nitrogens with two attached hydrogens (primary N) is 1. The number of aromatic nitrogens is 1. The minimum Gasteiger partial charge on any atom is -0.461 e. The quantitative estimate of drug-likeness (QED) is 0.832. The fourth-order valence-corrected chi connectivity index (χ4v) is 3.35. The molecule has 1 unspecified atom stereocenters. The summed E-state index contributed by atoms with van der Waals surface area (Å²) in [5.74, 6) is -0.341. The summed E-state index contributed by atoms with van der Waals surface area (Å²) in [6.07, 6.45) is 0.433. The van der Waals surface area contributed by atoms with Gasteiger partial charge in [-0.2, -0.15) is 0 Å². The van der Waals surface area contributed by atoms with E-state index in [1.165, 1.54) is 11.3 Å². The summed E-state index contributed by atoms with van der Waals surface area (Å²) >= 11 is 4.53. The smallest absolute Gasteiger partial charge is 0.359 e. The topological polar surface area (TPSA) is 85.5 Å². The first-order chi connectivity index (χ1) is 9.06. The van der Waals surface area contributed by atoms with E-state index in [0.29, 0.717) is 28.4 Å². The Morgan fingerprint density at radius 2 is 2.42 bits per heavy atom. The van der Waals surface area contributed by atoms with E-state index in [9.17, 15) is 9.59 Å². The van der Waals surface area contributed by atoms with Crippen molar-refractivity contribution in [2.24, 2.45) is 11.7 Å². The molecular formula is C11H14BrN3O3S. The molecule has 1 aliphatic rings. The number of carbonyl (C=O) groups is 2. The zero-order valence-corrected chi connectivity index (χ0v) is 12.8. The highest BCUT2D eigenvalue weighted by molar-refractivity contribution is 9.11. The predicted molar refractivity (Wildman–Crippen MR) is 75.3 cm³/mol. The molecule has 1 aromatic heterocycles. The molecule has 2 rings (SSSR count). The molecule has 104 valence electrons. The van der Waals surface area contributed by atoms with Crippen molar-refractivity contribution in [1.29, 1.82) is 0 Å². The van der Waals surface area contributed by atoms with Crippen LogP contribution in [-0.2, 0) is 9.53 Å². The Morgan fingerprint density at radius 1 is 1.68 bits per heavy atom. The van der Waals surface area contributed by atoms with Gasteiger partial charge in [0.2, 0.25) is 5.91 Å². The van der Waals surface area contributed by atoms with E-state index in [-0.39, 0.29) is 24.1 Å². The van der Waals surface area contributed by atoms with Gasteiger partial charge in [0.15, 0.2) is 10.8 Å². The van der Waals surface area contributed by atoms with E-state index in [2.05, 4.69) is 20.9 Å². The lowest BCUT2D eigenvalue weighted by molar-refractivity contribution is -0.117. The average molecular weight is 348 g/mol. The lowest BCUT2D eigenvalue weighted by atomic mass is 10.1. The number of rotatable bonds is 4. The summed E-state index contributed by atoms with van der Waals surface area (Å²) in [7, 11) is 0. The average Bonchev–Trinajstić information content (AvgIpc) is 2.92. The standard InChI is InChI=1S/C11H14BrN3O3S/c1-2-18-10(17)8-9(12)19-11(14-8)15-5-6(4-13)3-7(15)16/h6H,2-5,13H2,1H3. The first-order valence-electron chi connectivity index (χ1n) is 5.90. The van der Waals surface area contributed by atoms with Crippen LogP contribution < -0.4 is 10.6 Å². The van der Waals surface area contributed by atoms with Crippen molar-refractivity contribution in [1.82, 2.24) is 4.98 Å². The highest BCUT2D eigenvalue weighted by Crippen LogP contribution is 2.34. The number of hydrogen-bond acceptors (Lipinski definition) is 6. The van der Waals surface area contributed by atoms with E-state index in [1.54, 1.807) is 11.8 Å². The number of thiazole rings is 1. The number of halogens is 1. The maximum Gasteiger partial charge on any atom is 0.359 e. The third-order valence-electron chi connectivity index (χ3n) is 2.81. The first kappa shape index (κ1) is 14.4. The van der Waals surface area contributed by atoms with Gasteiger partial charge in [0.05, 0.1) is 6.61 Å². The molecule has 0 spiro atoms. The van der Waals surface area contributed by atoms with Crippen LogP contribution >= 0.6 is 27.3 Å². The zero-order valence-electron chi connectivity index (χ0n) is 10.4. The van der Waals surface area contributed by atoms with Gasteiger partial charge in [-0.25, -0.2) is 9.78 Å². The lowest BCUT2D eigenvalue weighted by Gasteiger charge is -2.11. The maximum absolute atomic E-state index is 11.9. The molecule has 0 aromatic carbocycles. The Kier molecular flexibility index (Phi) is 4.54. The monoisotopic (exact) mass is 347 g/mol. The number of nitrogens with zero attached hydrogens (tertiary/aromatic N) is 2. The van der Waals surface area contributed by atoms with E-state index in [0.717, 1.165) is 0 Å². The van der Waals surface area contributed by atoms with Gasteiger partial charge in [-0.1, -0.05) is 11.3 Å². The summed E-state index contributed by atoms with van der Waals surface area (Å²) in [5.41, 5.74) is 5.79. The summed E-state index contributed by atoms with van der Waals surface area (Å²) in [6.45, 7) is 3.04. The molecule has 6 nitrogen and oxygen atoms in total. The van der Waals surface area contributed by atoms with Crippen molar-refractivity contribution in [2.45, 2.75) is 13.3 Å². The van der Waals surface area contributed by atoms with Gasteiger partial charge in [-0.05, 0) is 35.3 Å².